The Balaban J connectivity index is 2.94. The zero-order valence-corrected chi connectivity index (χ0v) is 6.23. The fourth-order valence-electron chi connectivity index (χ4n) is 1.03. The predicted octanol–water partition coefficient (Wildman–Crippen LogP) is 0.189. The summed E-state index contributed by atoms with van der Waals surface area (Å²) in [5, 5.41) is 0.741. The molecule has 2 rings (SSSR count). The quantitative estimate of drug-likeness (QED) is 0.575. The van der Waals surface area contributed by atoms with Gasteiger partial charge in [0.15, 0.2) is 0 Å². The summed E-state index contributed by atoms with van der Waals surface area (Å²) in [4.78, 5) is 11.7. The van der Waals surface area contributed by atoms with Gasteiger partial charge in [-0.15, -0.1) is 0 Å². The molecule has 0 fully saturated rings. The Bertz CT molecular complexity index is 384. The molecule has 0 saturated carbocycles. The van der Waals surface area contributed by atoms with Crippen molar-refractivity contribution in [3.8, 4) is 0 Å². The Hall–Kier alpha value is -1.91. The standard InChI is InChI=1S/C7H7N5/c8-6-4-1-2-10-7(9)5(4)11-3-12-6/h1-3H,(H2,9,10)(H2,8,11,12). The molecule has 0 aliphatic carbocycles. The number of hydrogen-bond acceptors (Lipinski definition) is 5. The van der Waals surface area contributed by atoms with Gasteiger partial charge >= 0.3 is 0 Å². The number of nitrogens with zero attached hydrogens (tertiary/aromatic N) is 3. The molecule has 0 bridgehead atoms. The minimum atomic E-state index is 0.376. The molecule has 0 radical (unpaired) electrons. The molecule has 0 spiro atoms. The van der Waals surface area contributed by atoms with Crippen LogP contribution >= 0.6 is 0 Å². The summed E-state index contributed by atoms with van der Waals surface area (Å²) in [5.74, 6) is 0.802. The second kappa shape index (κ2) is 2.30. The maximum atomic E-state index is 5.59. The van der Waals surface area contributed by atoms with Crippen LogP contribution in [0.5, 0.6) is 0 Å². The maximum absolute atomic E-state index is 5.59. The molecule has 0 aliphatic heterocycles. The molecule has 0 amide bonds. The van der Waals surface area contributed by atoms with E-state index in [1.54, 1.807) is 12.3 Å². The molecule has 60 valence electrons. The molecule has 0 unspecified atom stereocenters. The zero-order valence-electron chi connectivity index (χ0n) is 6.23. The van der Waals surface area contributed by atoms with E-state index in [-0.39, 0.29) is 0 Å². The fourth-order valence-corrected chi connectivity index (χ4v) is 1.03. The van der Waals surface area contributed by atoms with Crippen LogP contribution in [0.3, 0.4) is 0 Å². The number of nitrogens with two attached hydrogens (primary N) is 2. The first kappa shape index (κ1) is 6.78. The van der Waals surface area contributed by atoms with Gasteiger partial charge in [0.2, 0.25) is 0 Å². The lowest BCUT2D eigenvalue weighted by Gasteiger charge is -2.00. The summed E-state index contributed by atoms with van der Waals surface area (Å²) in [5.41, 5.74) is 11.8. The third-order valence-corrected chi connectivity index (χ3v) is 1.61. The molecule has 0 aliphatic rings. The molecule has 2 heterocycles. The van der Waals surface area contributed by atoms with Crippen molar-refractivity contribution < 1.29 is 0 Å². The van der Waals surface area contributed by atoms with Crippen LogP contribution in [-0.2, 0) is 0 Å². The van der Waals surface area contributed by atoms with Gasteiger partial charge in [-0.25, -0.2) is 15.0 Å². The van der Waals surface area contributed by atoms with E-state index in [0.717, 1.165) is 5.39 Å². The van der Waals surface area contributed by atoms with Crippen LogP contribution in [0.25, 0.3) is 10.9 Å². The Labute approximate surface area is 68.5 Å². The average Bonchev–Trinajstić information content (AvgIpc) is 2.07. The summed E-state index contributed by atoms with van der Waals surface area (Å²) < 4.78 is 0. The van der Waals surface area contributed by atoms with Gasteiger partial charge in [0.25, 0.3) is 0 Å². The highest BCUT2D eigenvalue weighted by atomic mass is 14.9. The monoisotopic (exact) mass is 161 g/mol. The molecule has 0 saturated heterocycles. The van der Waals surface area contributed by atoms with Crippen LogP contribution in [0.2, 0.25) is 0 Å². The lowest BCUT2D eigenvalue weighted by atomic mass is 10.3. The van der Waals surface area contributed by atoms with Crippen molar-refractivity contribution in [2.24, 2.45) is 0 Å². The SMILES string of the molecule is Nc1ncnc2c(N)nccc12. The Kier molecular flexibility index (Phi) is 1.30. The topological polar surface area (TPSA) is 90.7 Å². The summed E-state index contributed by atoms with van der Waals surface area (Å²) in [7, 11) is 0. The Morgan fingerprint density at radius 1 is 1.00 bits per heavy atom. The van der Waals surface area contributed by atoms with Gasteiger partial charge in [-0.2, -0.15) is 0 Å². The average molecular weight is 161 g/mol. The van der Waals surface area contributed by atoms with E-state index < -0.39 is 0 Å². The zero-order chi connectivity index (χ0) is 8.55. The lowest BCUT2D eigenvalue weighted by molar-refractivity contribution is 1.21. The number of aromatic nitrogens is 3. The molecule has 5 nitrogen and oxygen atoms in total. The van der Waals surface area contributed by atoms with Crippen LogP contribution in [0.4, 0.5) is 11.6 Å². The minimum absolute atomic E-state index is 0.376. The molecular weight excluding hydrogens is 154 g/mol. The number of hydrogen-bond donors (Lipinski definition) is 2. The van der Waals surface area contributed by atoms with Crippen LogP contribution in [0, 0.1) is 0 Å². The van der Waals surface area contributed by atoms with E-state index in [1.165, 1.54) is 6.33 Å². The first-order valence-electron chi connectivity index (χ1n) is 3.39. The summed E-state index contributed by atoms with van der Waals surface area (Å²) in [6, 6.07) is 1.74. The number of fused-ring (bicyclic) bond motifs is 1. The molecule has 0 atom stereocenters. The van der Waals surface area contributed by atoms with E-state index in [1.807, 2.05) is 0 Å². The first-order valence-corrected chi connectivity index (χ1v) is 3.39. The van der Waals surface area contributed by atoms with Crippen molar-refractivity contribution in [1.82, 2.24) is 15.0 Å². The normalized spacial score (nSPS) is 10.3. The van der Waals surface area contributed by atoms with E-state index in [0.29, 0.717) is 17.2 Å². The molecular formula is C7H7N5. The number of rotatable bonds is 0. The van der Waals surface area contributed by atoms with Gasteiger partial charge in [-0.3, -0.25) is 0 Å². The number of anilines is 2. The summed E-state index contributed by atoms with van der Waals surface area (Å²) >= 11 is 0. The van der Waals surface area contributed by atoms with Gasteiger partial charge < -0.3 is 11.5 Å². The van der Waals surface area contributed by atoms with Crippen LogP contribution in [-0.4, -0.2) is 15.0 Å². The van der Waals surface area contributed by atoms with E-state index >= 15 is 0 Å². The smallest absolute Gasteiger partial charge is 0.150 e. The second-order valence-electron chi connectivity index (χ2n) is 2.35. The highest BCUT2D eigenvalue weighted by Gasteiger charge is 2.02. The second-order valence-corrected chi connectivity index (χ2v) is 2.35. The fraction of sp³-hybridized carbons (Fsp3) is 0. The van der Waals surface area contributed by atoms with Crippen molar-refractivity contribution >= 4 is 22.5 Å². The van der Waals surface area contributed by atoms with E-state index in [2.05, 4.69) is 15.0 Å². The van der Waals surface area contributed by atoms with Gasteiger partial charge in [0, 0.05) is 11.6 Å². The third-order valence-electron chi connectivity index (χ3n) is 1.61. The molecule has 2 aromatic heterocycles. The summed E-state index contributed by atoms with van der Waals surface area (Å²) in [6.45, 7) is 0. The van der Waals surface area contributed by atoms with Crippen molar-refractivity contribution in [3.63, 3.8) is 0 Å². The van der Waals surface area contributed by atoms with Crippen LogP contribution in [0.15, 0.2) is 18.6 Å². The maximum Gasteiger partial charge on any atom is 0.150 e. The van der Waals surface area contributed by atoms with Crippen molar-refractivity contribution in [2.45, 2.75) is 0 Å². The van der Waals surface area contributed by atoms with Crippen molar-refractivity contribution in [3.05, 3.63) is 18.6 Å². The molecule has 12 heavy (non-hydrogen) atoms. The molecule has 4 N–H and O–H groups in total. The number of pyridine rings is 1. The molecule has 0 aromatic carbocycles. The van der Waals surface area contributed by atoms with Gasteiger partial charge in [0.05, 0.1) is 0 Å². The highest BCUT2D eigenvalue weighted by molar-refractivity contribution is 5.93. The van der Waals surface area contributed by atoms with Crippen molar-refractivity contribution in [1.29, 1.82) is 0 Å². The van der Waals surface area contributed by atoms with Gasteiger partial charge in [-0.1, -0.05) is 0 Å². The van der Waals surface area contributed by atoms with Crippen molar-refractivity contribution in [2.75, 3.05) is 11.5 Å². The van der Waals surface area contributed by atoms with Crippen LogP contribution in [0.1, 0.15) is 0 Å². The minimum Gasteiger partial charge on any atom is -0.383 e. The van der Waals surface area contributed by atoms with E-state index in [9.17, 15) is 0 Å². The van der Waals surface area contributed by atoms with Crippen LogP contribution < -0.4 is 11.5 Å². The first-order chi connectivity index (χ1) is 5.79. The largest absolute Gasteiger partial charge is 0.383 e. The number of nitrogen functional groups attached to an aromatic ring is 2. The van der Waals surface area contributed by atoms with Gasteiger partial charge in [0.1, 0.15) is 23.5 Å². The summed E-state index contributed by atoms with van der Waals surface area (Å²) in [6.07, 6.45) is 2.95. The highest BCUT2D eigenvalue weighted by Crippen LogP contribution is 2.18. The lowest BCUT2D eigenvalue weighted by Crippen LogP contribution is -1.97. The Morgan fingerprint density at radius 3 is 2.58 bits per heavy atom. The molecule has 2 aromatic rings. The van der Waals surface area contributed by atoms with E-state index in [4.69, 9.17) is 11.5 Å². The molecule has 5 heteroatoms. The Morgan fingerprint density at radius 2 is 1.83 bits per heavy atom. The third kappa shape index (κ3) is 0.833. The predicted molar refractivity (Wildman–Crippen MR) is 46.2 cm³/mol. The van der Waals surface area contributed by atoms with Gasteiger partial charge in [-0.05, 0) is 6.07 Å².